The fraction of sp³-hybridized carbons (Fsp3) is 0.333. The average Bonchev–Trinajstić information content (AvgIpc) is 2.99. The van der Waals surface area contributed by atoms with Gasteiger partial charge in [-0.2, -0.15) is 13.2 Å². The summed E-state index contributed by atoms with van der Waals surface area (Å²) in [6.07, 6.45) is 2.85. The molecule has 0 aromatic heterocycles. The van der Waals surface area contributed by atoms with E-state index in [0.29, 0.717) is 10.9 Å². The SMILES string of the molecule is O=S(=O)([O-])C(F)(F)F.c1ccc2c([S+]3CCCC3)cccc2c1. The van der Waals surface area contributed by atoms with E-state index in [1.807, 2.05) is 0 Å². The van der Waals surface area contributed by atoms with Crippen LogP contribution in [0.5, 0.6) is 0 Å². The Hall–Kier alpha value is -1.25. The van der Waals surface area contributed by atoms with Crippen LogP contribution in [0.25, 0.3) is 10.8 Å². The number of fused-ring (bicyclic) bond motifs is 1. The summed E-state index contributed by atoms with van der Waals surface area (Å²) in [7, 11) is -5.56. The van der Waals surface area contributed by atoms with Crippen molar-refractivity contribution in [2.45, 2.75) is 23.2 Å². The summed E-state index contributed by atoms with van der Waals surface area (Å²) in [5.41, 5.74) is -5.65. The topological polar surface area (TPSA) is 57.2 Å². The lowest BCUT2D eigenvalue weighted by Gasteiger charge is -2.08. The van der Waals surface area contributed by atoms with E-state index in [4.69, 9.17) is 13.0 Å². The Bertz CT molecular complexity index is 762. The van der Waals surface area contributed by atoms with Crippen LogP contribution in [0, 0.1) is 0 Å². The Kier molecular flexibility index (Phi) is 5.59. The summed E-state index contributed by atoms with van der Waals surface area (Å²) in [5.74, 6) is 2.82. The van der Waals surface area contributed by atoms with Crippen molar-refractivity contribution in [2.24, 2.45) is 0 Å². The molecule has 0 spiro atoms. The lowest BCUT2D eigenvalue weighted by molar-refractivity contribution is -0.0517. The van der Waals surface area contributed by atoms with Gasteiger partial charge < -0.3 is 4.55 Å². The predicted molar refractivity (Wildman–Crippen MR) is 84.3 cm³/mol. The maximum Gasteiger partial charge on any atom is 0.485 e. The summed E-state index contributed by atoms with van der Waals surface area (Å²) in [4.78, 5) is 1.60. The minimum Gasteiger partial charge on any atom is -0.741 e. The molecule has 0 aliphatic carbocycles. The molecule has 1 saturated heterocycles. The molecule has 0 N–H and O–H groups in total. The summed E-state index contributed by atoms with van der Waals surface area (Å²) >= 11 is 0. The normalized spacial score (nSPS) is 16.2. The van der Waals surface area contributed by atoms with Crippen LogP contribution in [0.15, 0.2) is 47.4 Å². The highest BCUT2D eigenvalue weighted by atomic mass is 32.2. The largest absolute Gasteiger partial charge is 0.741 e. The molecule has 0 radical (unpaired) electrons. The zero-order chi connectivity index (χ0) is 17.1. The molecule has 0 amide bonds. The van der Waals surface area contributed by atoms with Crippen LogP contribution >= 0.6 is 0 Å². The van der Waals surface area contributed by atoms with Gasteiger partial charge in [-0.3, -0.25) is 0 Å². The average molecular weight is 364 g/mol. The first-order valence-electron chi connectivity index (χ1n) is 6.87. The van der Waals surface area contributed by atoms with Gasteiger partial charge in [0.05, 0.1) is 0 Å². The molecule has 1 aliphatic heterocycles. The Balaban J connectivity index is 0.000000207. The third-order valence-electron chi connectivity index (χ3n) is 3.38. The van der Waals surface area contributed by atoms with Crippen molar-refractivity contribution < 1.29 is 26.1 Å². The van der Waals surface area contributed by atoms with E-state index in [0.717, 1.165) is 0 Å². The van der Waals surface area contributed by atoms with Crippen LogP contribution < -0.4 is 0 Å². The second-order valence-electron chi connectivity index (χ2n) is 4.99. The van der Waals surface area contributed by atoms with Crippen LogP contribution in [0.3, 0.4) is 0 Å². The minimum atomic E-state index is -6.09. The highest BCUT2D eigenvalue weighted by molar-refractivity contribution is 7.97. The quantitative estimate of drug-likeness (QED) is 0.441. The molecule has 8 heteroatoms. The lowest BCUT2D eigenvalue weighted by atomic mass is 10.1. The standard InChI is InChI=1S/C14H15S.CHF3O3S/c1-2-8-13-12(6-1)7-5-9-14(13)15-10-3-4-11-15;2-1(3,4)8(5,6)7/h1-2,5-9H,3-4,10-11H2;(H,5,6,7)/q+1;/p-1. The fourth-order valence-electron chi connectivity index (χ4n) is 2.32. The highest BCUT2D eigenvalue weighted by Crippen LogP contribution is 2.29. The zero-order valence-corrected chi connectivity index (χ0v) is 13.7. The van der Waals surface area contributed by atoms with E-state index in [2.05, 4.69) is 42.5 Å². The van der Waals surface area contributed by atoms with Crippen molar-refractivity contribution in [3.05, 3.63) is 42.5 Å². The monoisotopic (exact) mass is 364 g/mol. The third-order valence-corrected chi connectivity index (χ3v) is 6.48. The molecular formula is C15H15F3O3S2. The van der Waals surface area contributed by atoms with E-state index in [9.17, 15) is 13.2 Å². The summed E-state index contributed by atoms with van der Waals surface area (Å²) in [6, 6.07) is 15.5. The van der Waals surface area contributed by atoms with E-state index in [1.54, 1.807) is 4.90 Å². The molecule has 1 fully saturated rings. The highest BCUT2D eigenvalue weighted by Gasteiger charge is 2.36. The van der Waals surface area contributed by atoms with Gasteiger partial charge in [0, 0.05) is 16.3 Å². The first kappa shape index (κ1) is 18.1. The number of hydrogen-bond acceptors (Lipinski definition) is 3. The Labute approximate surface area is 135 Å². The second kappa shape index (κ2) is 7.11. The lowest BCUT2D eigenvalue weighted by Crippen LogP contribution is -2.21. The molecule has 2 aromatic rings. The number of rotatable bonds is 1. The molecule has 1 aliphatic rings. The van der Waals surface area contributed by atoms with Crippen molar-refractivity contribution >= 4 is 31.8 Å². The molecule has 0 saturated carbocycles. The maximum absolute atomic E-state index is 10.7. The first-order valence-corrected chi connectivity index (χ1v) is 9.85. The molecule has 1 heterocycles. The van der Waals surface area contributed by atoms with Gasteiger partial charge in [0.2, 0.25) is 0 Å². The van der Waals surface area contributed by atoms with Gasteiger partial charge in [-0.25, -0.2) is 8.42 Å². The Morgan fingerprint density at radius 2 is 1.48 bits per heavy atom. The van der Waals surface area contributed by atoms with Gasteiger partial charge in [-0.15, -0.1) is 0 Å². The van der Waals surface area contributed by atoms with Gasteiger partial charge in [-0.1, -0.05) is 30.3 Å². The summed E-state index contributed by atoms with van der Waals surface area (Å²) in [6.45, 7) is 0. The van der Waals surface area contributed by atoms with Crippen LogP contribution in [-0.2, 0) is 21.0 Å². The third kappa shape index (κ3) is 4.62. The summed E-state index contributed by atoms with van der Waals surface area (Å²) in [5, 5.41) is 2.87. The Morgan fingerprint density at radius 3 is 2.04 bits per heavy atom. The molecule has 2 aromatic carbocycles. The van der Waals surface area contributed by atoms with Gasteiger partial charge >= 0.3 is 5.51 Å². The predicted octanol–water partition coefficient (Wildman–Crippen LogP) is 3.66. The maximum atomic E-state index is 10.7. The molecule has 23 heavy (non-hydrogen) atoms. The molecule has 3 nitrogen and oxygen atoms in total. The van der Waals surface area contributed by atoms with E-state index in [-0.39, 0.29) is 0 Å². The summed E-state index contributed by atoms with van der Waals surface area (Å²) < 4.78 is 58.9. The van der Waals surface area contributed by atoms with Crippen molar-refractivity contribution in [1.82, 2.24) is 0 Å². The zero-order valence-electron chi connectivity index (χ0n) is 12.0. The van der Waals surface area contributed by atoms with Gasteiger partial charge in [0.25, 0.3) is 0 Å². The van der Waals surface area contributed by atoms with E-state index in [1.165, 1.54) is 35.1 Å². The van der Waals surface area contributed by atoms with Gasteiger partial charge in [0.15, 0.2) is 15.0 Å². The van der Waals surface area contributed by atoms with Crippen molar-refractivity contribution in [1.29, 1.82) is 0 Å². The Morgan fingerprint density at radius 1 is 0.957 bits per heavy atom. The van der Waals surface area contributed by atoms with Crippen LogP contribution in [0.4, 0.5) is 13.2 Å². The molecule has 0 unspecified atom stereocenters. The van der Waals surface area contributed by atoms with Gasteiger partial charge in [0.1, 0.15) is 11.5 Å². The molecule has 0 bridgehead atoms. The van der Waals surface area contributed by atoms with E-state index >= 15 is 0 Å². The van der Waals surface area contributed by atoms with Crippen molar-refractivity contribution in [2.75, 3.05) is 11.5 Å². The number of hydrogen-bond donors (Lipinski definition) is 0. The molecular weight excluding hydrogens is 349 g/mol. The van der Waals surface area contributed by atoms with E-state index < -0.39 is 15.6 Å². The van der Waals surface area contributed by atoms with Crippen molar-refractivity contribution in [3.63, 3.8) is 0 Å². The molecule has 3 rings (SSSR count). The molecule has 126 valence electrons. The molecule has 0 atom stereocenters. The first-order chi connectivity index (χ1) is 10.7. The smallest absolute Gasteiger partial charge is 0.485 e. The number of halogens is 3. The van der Waals surface area contributed by atoms with Gasteiger partial charge in [-0.05, 0) is 30.4 Å². The van der Waals surface area contributed by atoms with Crippen molar-refractivity contribution in [3.8, 4) is 0 Å². The second-order valence-corrected chi connectivity index (χ2v) is 8.60. The minimum absolute atomic E-state index is 0.535. The van der Waals surface area contributed by atoms with Crippen LogP contribution in [-0.4, -0.2) is 30.0 Å². The number of benzene rings is 2. The van der Waals surface area contributed by atoms with Crippen LogP contribution in [0.1, 0.15) is 12.8 Å². The van der Waals surface area contributed by atoms with Crippen LogP contribution in [0.2, 0.25) is 0 Å². The number of alkyl halides is 3. The fourth-order valence-corrected chi connectivity index (χ4v) is 4.84.